The number of aryl methyl sites for hydroxylation is 1. The Morgan fingerprint density at radius 2 is 1.49 bits per heavy atom. The van der Waals surface area contributed by atoms with Gasteiger partial charge in [-0.05, 0) is 73.2 Å². The molecule has 0 atom stereocenters. The van der Waals surface area contributed by atoms with Crippen LogP contribution in [0, 0.1) is 6.92 Å². The number of hydrogen-bond donors (Lipinski definition) is 1. The average molecular weight is 542 g/mol. The fourth-order valence-corrected chi connectivity index (χ4v) is 4.76. The van der Waals surface area contributed by atoms with E-state index in [1.54, 1.807) is 18.2 Å². The van der Waals surface area contributed by atoms with Crippen LogP contribution >= 0.6 is 28.1 Å². The lowest BCUT2D eigenvalue weighted by Gasteiger charge is -2.29. The van der Waals surface area contributed by atoms with Gasteiger partial charge in [0.1, 0.15) is 5.57 Å². The predicted octanol–water partition coefficient (Wildman–Crippen LogP) is 6.05. The Kier molecular flexibility index (Phi) is 6.19. The lowest BCUT2D eigenvalue weighted by atomic mass is 10.0. The van der Waals surface area contributed by atoms with Crippen molar-refractivity contribution in [3.05, 3.63) is 112 Å². The van der Waals surface area contributed by atoms with E-state index in [-0.39, 0.29) is 10.7 Å². The number of anilines is 1. The summed E-state index contributed by atoms with van der Waals surface area (Å²) in [4.78, 5) is 27.8. The summed E-state index contributed by atoms with van der Waals surface area (Å²) in [6.45, 7) is 2.01. The summed E-state index contributed by atoms with van der Waals surface area (Å²) >= 11 is 8.74. The number of nitrogens with zero attached hydrogens (tertiary/aromatic N) is 2. The van der Waals surface area contributed by atoms with E-state index in [1.165, 1.54) is 4.90 Å². The van der Waals surface area contributed by atoms with Crippen molar-refractivity contribution in [1.82, 2.24) is 9.88 Å². The normalized spacial score (nSPS) is 15.0. The maximum atomic E-state index is 13.5. The molecule has 2 amide bonds. The molecule has 3 aromatic carbocycles. The van der Waals surface area contributed by atoms with E-state index in [4.69, 9.17) is 12.2 Å². The van der Waals surface area contributed by atoms with Gasteiger partial charge >= 0.3 is 0 Å². The number of rotatable bonds is 4. The first-order valence-electron chi connectivity index (χ1n) is 10.9. The molecule has 1 aliphatic rings. The topological polar surface area (TPSA) is 54.3 Å². The first-order chi connectivity index (χ1) is 16.9. The van der Waals surface area contributed by atoms with Gasteiger partial charge in [0.05, 0.1) is 11.4 Å². The van der Waals surface area contributed by atoms with Crippen LogP contribution in [0.5, 0.6) is 0 Å². The molecular formula is C28H20BrN3O2S. The lowest BCUT2D eigenvalue weighted by Crippen LogP contribution is -2.54. The van der Waals surface area contributed by atoms with E-state index >= 15 is 0 Å². The summed E-state index contributed by atoms with van der Waals surface area (Å²) in [6, 6.07) is 29.1. The molecule has 5 rings (SSSR count). The quantitative estimate of drug-likeness (QED) is 0.194. The van der Waals surface area contributed by atoms with E-state index in [0.29, 0.717) is 5.69 Å². The third-order valence-corrected chi connectivity index (χ3v) is 6.58. The van der Waals surface area contributed by atoms with Crippen LogP contribution in [0.25, 0.3) is 23.0 Å². The number of carbonyl (C=O) groups is 2. The molecule has 5 nitrogen and oxygen atoms in total. The molecule has 0 spiro atoms. The van der Waals surface area contributed by atoms with Crippen molar-refractivity contribution >= 4 is 56.8 Å². The standard InChI is InChI=1S/C28H20BrN3O2S/c1-18-16-20(25(19-8-4-2-5-9-19)31(18)22-10-6-3-7-11-22)17-24-26(33)30-28(35)32(27(24)34)23-14-12-21(29)13-15-23/h2-17H,1H3,(H,30,33,35)/b24-17+. The van der Waals surface area contributed by atoms with Crippen LogP contribution in [0.15, 0.2) is 101 Å². The Morgan fingerprint density at radius 1 is 0.857 bits per heavy atom. The van der Waals surface area contributed by atoms with Gasteiger partial charge in [0.25, 0.3) is 11.8 Å². The van der Waals surface area contributed by atoms with Gasteiger partial charge in [0.15, 0.2) is 5.11 Å². The first-order valence-corrected chi connectivity index (χ1v) is 12.1. The number of hydrogen-bond acceptors (Lipinski definition) is 3. The molecule has 0 bridgehead atoms. The van der Waals surface area contributed by atoms with Crippen LogP contribution in [-0.4, -0.2) is 21.5 Å². The molecule has 35 heavy (non-hydrogen) atoms. The van der Waals surface area contributed by atoms with Gasteiger partial charge in [0, 0.05) is 21.4 Å². The highest BCUT2D eigenvalue weighted by molar-refractivity contribution is 9.10. The molecule has 1 N–H and O–H groups in total. The van der Waals surface area contributed by atoms with Gasteiger partial charge in [-0.1, -0.05) is 64.5 Å². The fraction of sp³-hybridized carbons (Fsp3) is 0.0357. The van der Waals surface area contributed by atoms with E-state index in [1.807, 2.05) is 85.8 Å². The Morgan fingerprint density at radius 3 is 2.14 bits per heavy atom. The summed E-state index contributed by atoms with van der Waals surface area (Å²) in [5, 5.41) is 2.72. The lowest BCUT2D eigenvalue weighted by molar-refractivity contribution is -0.122. The Hall–Kier alpha value is -3.81. The number of thiocarbonyl (C=S) groups is 1. The van der Waals surface area contributed by atoms with Crippen LogP contribution in [0.4, 0.5) is 5.69 Å². The second-order valence-electron chi connectivity index (χ2n) is 8.06. The maximum Gasteiger partial charge on any atom is 0.270 e. The molecule has 4 aromatic rings. The number of amides is 2. The number of aromatic nitrogens is 1. The van der Waals surface area contributed by atoms with E-state index in [2.05, 4.69) is 25.8 Å². The molecule has 1 aliphatic heterocycles. The summed E-state index contributed by atoms with van der Waals surface area (Å²) in [7, 11) is 0. The zero-order valence-corrected chi connectivity index (χ0v) is 21.1. The first kappa shape index (κ1) is 23.0. The van der Waals surface area contributed by atoms with E-state index < -0.39 is 11.8 Å². The molecule has 0 radical (unpaired) electrons. The third kappa shape index (κ3) is 4.36. The molecule has 7 heteroatoms. The minimum Gasteiger partial charge on any atom is -0.313 e. The highest BCUT2D eigenvalue weighted by Crippen LogP contribution is 2.33. The fourth-order valence-electron chi connectivity index (χ4n) is 4.21. The van der Waals surface area contributed by atoms with Gasteiger partial charge < -0.3 is 4.57 Å². The van der Waals surface area contributed by atoms with Gasteiger partial charge in [-0.25, -0.2) is 0 Å². The smallest absolute Gasteiger partial charge is 0.270 e. The Labute approximate surface area is 216 Å². The molecular weight excluding hydrogens is 522 g/mol. The van der Waals surface area contributed by atoms with Crippen molar-refractivity contribution in [2.75, 3.05) is 4.90 Å². The Balaban J connectivity index is 1.67. The number of halogens is 1. The van der Waals surface area contributed by atoms with Crippen molar-refractivity contribution in [2.24, 2.45) is 0 Å². The summed E-state index contributed by atoms with van der Waals surface area (Å²) in [5.41, 5.74) is 5.20. The van der Waals surface area contributed by atoms with Crippen molar-refractivity contribution in [3.63, 3.8) is 0 Å². The average Bonchev–Trinajstić information content (AvgIpc) is 3.19. The maximum absolute atomic E-state index is 13.5. The summed E-state index contributed by atoms with van der Waals surface area (Å²) in [6.07, 6.45) is 1.65. The van der Waals surface area contributed by atoms with Crippen LogP contribution in [-0.2, 0) is 9.59 Å². The van der Waals surface area contributed by atoms with Crippen molar-refractivity contribution < 1.29 is 9.59 Å². The second-order valence-corrected chi connectivity index (χ2v) is 9.36. The van der Waals surface area contributed by atoms with Gasteiger partial charge in [-0.3, -0.25) is 19.8 Å². The van der Waals surface area contributed by atoms with Crippen LogP contribution in [0.2, 0.25) is 0 Å². The molecule has 1 fully saturated rings. The zero-order chi connectivity index (χ0) is 24.5. The molecule has 0 unspecified atom stereocenters. The molecule has 1 aromatic heterocycles. The summed E-state index contributed by atoms with van der Waals surface area (Å²) < 4.78 is 3.01. The predicted molar refractivity (Wildman–Crippen MR) is 146 cm³/mol. The van der Waals surface area contributed by atoms with E-state index in [9.17, 15) is 9.59 Å². The number of para-hydroxylation sites is 1. The number of nitrogens with one attached hydrogen (secondary N) is 1. The SMILES string of the molecule is Cc1cc(/C=C2\C(=O)NC(=S)N(c3ccc(Br)cc3)C2=O)c(-c2ccccc2)n1-c1ccccc1. The third-order valence-electron chi connectivity index (χ3n) is 5.76. The molecule has 1 saturated heterocycles. The molecule has 2 heterocycles. The molecule has 172 valence electrons. The zero-order valence-electron chi connectivity index (χ0n) is 18.7. The minimum absolute atomic E-state index is 0.0175. The molecule has 0 aliphatic carbocycles. The number of carbonyl (C=O) groups excluding carboxylic acids is 2. The molecule has 0 saturated carbocycles. The largest absolute Gasteiger partial charge is 0.313 e. The van der Waals surface area contributed by atoms with Crippen molar-refractivity contribution in [3.8, 4) is 16.9 Å². The highest BCUT2D eigenvalue weighted by Gasteiger charge is 2.35. The highest BCUT2D eigenvalue weighted by atomic mass is 79.9. The monoisotopic (exact) mass is 541 g/mol. The van der Waals surface area contributed by atoms with Crippen molar-refractivity contribution in [2.45, 2.75) is 6.92 Å². The van der Waals surface area contributed by atoms with Gasteiger partial charge in [-0.15, -0.1) is 0 Å². The minimum atomic E-state index is -0.516. The van der Waals surface area contributed by atoms with Gasteiger partial charge in [0.2, 0.25) is 0 Å². The Bertz CT molecular complexity index is 1480. The second kappa shape index (κ2) is 9.44. The van der Waals surface area contributed by atoms with Crippen LogP contribution < -0.4 is 10.2 Å². The summed E-state index contributed by atoms with van der Waals surface area (Å²) in [5.74, 6) is -0.984. The number of benzene rings is 3. The van der Waals surface area contributed by atoms with Crippen molar-refractivity contribution in [1.29, 1.82) is 0 Å². The van der Waals surface area contributed by atoms with E-state index in [0.717, 1.165) is 32.7 Å². The van der Waals surface area contributed by atoms with Crippen LogP contribution in [0.1, 0.15) is 11.3 Å². The van der Waals surface area contributed by atoms with Crippen LogP contribution in [0.3, 0.4) is 0 Å². The van der Waals surface area contributed by atoms with Gasteiger partial charge in [-0.2, -0.15) is 0 Å².